The van der Waals surface area contributed by atoms with Gasteiger partial charge in [0.15, 0.2) is 0 Å². The van der Waals surface area contributed by atoms with E-state index in [0.29, 0.717) is 35.3 Å². The van der Waals surface area contributed by atoms with E-state index in [1.807, 2.05) is 12.1 Å². The molecule has 1 aromatic carbocycles. The molecule has 0 saturated heterocycles. The lowest BCUT2D eigenvalue weighted by Gasteiger charge is -2.20. The highest BCUT2D eigenvalue weighted by atomic mass is 32.1. The summed E-state index contributed by atoms with van der Waals surface area (Å²) in [5.41, 5.74) is 1.23. The minimum absolute atomic E-state index is 0.160. The van der Waals surface area contributed by atoms with E-state index in [0.717, 1.165) is 17.8 Å². The SMILES string of the molecule is Cc1cc(=O)n2nc(CN(Cc3ccccc3F)C3CC3)sc2n1. The van der Waals surface area contributed by atoms with Gasteiger partial charge in [-0.25, -0.2) is 9.37 Å². The number of fused-ring (bicyclic) bond motifs is 1. The Morgan fingerprint density at radius 3 is 2.88 bits per heavy atom. The van der Waals surface area contributed by atoms with Crippen molar-refractivity contribution in [3.8, 4) is 0 Å². The number of hydrogen-bond acceptors (Lipinski definition) is 5. The molecule has 1 saturated carbocycles. The monoisotopic (exact) mass is 344 g/mol. The fourth-order valence-corrected chi connectivity index (χ4v) is 3.77. The molecule has 0 unspecified atom stereocenters. The first-order chi connectivity index (χ1) is 11.6. The van der Waals surface area contributed by atoms with E-state index in [1.165, 1.54) is 28.0 Å². The molecule has 1 aliphatic rings. The van der Waals surface area contributed by atoms with E-state index < -0.39 is 0 Å². The van der Waals surface area contributed by atoms with Crippen molar-refractivity contribution in [1.82, 2.24) is 19.5 Å². The third kappa shape index (κ3) is 3.09. The molecule has 4 rings (SSSR count). The summed E-state index contributed by atoms with van der Waals surface area (Å²) in [7, 11) is 0. The van der Waals surface area contributed by atoms with Crippen LogP contribution in [0.25, 0.3) is 4.96 Å². The molecule has 1 fully saturated rings. The van der Waals surface area contributed by atoms with Gasteiger partial charge in [0.2, 0.25) is 4.96 Å². The van der Waals surface area contributed by atoms with Crippen molar-refractivity contribution in [2.24, 2.45) is 0 Å². The second-order valence-electron chi connectivity index (χ2n) is 6.15. The molecule has 24 heavy (non-hydrogen) atoms. The number of rotatable bonds is 5. The highest BCUT2D eigenvalue weighted by Gasteiger charge is 2.30. The van der Waals surface area contributed by atoms with Gasteiger partial charge in [0.25, 0.3) is 5.56 Å². The third-order valence-electron chi connectivity index (χ3n) is 4.15. The van der Waals surface area contributed by atoms with Gasteiger partial charge < -0.3 is 0 Å². The van der Waals surface area contributed by atoms with Crippen LogP contribution in [0.3, 0.4) is 0 Å². The molecule has 0 spiro atoms. The fraction of sp³-hybridized carbons (Fsp3) is 0.353. The Kier molecular flexibility index (Phi) is 3.90. The zero-order valence-electron chi connectivity index (χ0n) is 13.3. The van der Waals surface area contributed by atoms with Gasteiger partial charge in [-0.05, 0) is 25.8 Å². The van der Waals surface area contributed by atoms with E-state index in [2.05, 4.69) is 15.0 Å². The maximum absolute atomic E-state index is 13.9. The summed E-state index contributed by atoms with van der Waals surface area (Å²) in [5, 5.41) is 5.22. The smallest absolute Gasteiger partial charge is 0.275 e. The number of nitrogens with zero attached hydrogens (tertiary/aromatic N) is 4. The Morgan fingerprint density at radius 2 is 2.12 bits per heavy atom. The summed E-state index contributed by atoms with van der Waals surface area (Å²) >= 11 is 1.42. The van der Waals surface area contributed by atoms with E-state index in [9.17, 15) is 9.18 Å². The van der Waals surface area contributed by atoms with Gasteiger partial charge in [-0.1, -0.05) is 29.5 Å². The summed E-state index contributed by atoms with van der Waals surface area (Å²) in [6.07, 6.45) is 2.24. The second kappa shape index (κ2) is 6.07. The Labute approximate surface area is 142 Å². The second-order valence-corrected chi connectivity index (χ2v) is 7.19. The van der Waals surface area contributed by atoms with Crippen molar-refractivity contribution in [2.45, 2.75) is 38.9 Å². The maximum Gasteiger partial charge on any atom is 0.275 e. The Bertz CT molecular complexity index is 947. The molecule has 0 bridgehead atoms. The standard InChI is InChI=1S/C17H17FN4OS/c1-11-8-16(23)22-17(19-11)24-15(20-22)10-21(13-6-7-13)9-12-4-2-3-5-14(12)18/h2-5,8,13H,6-7,9-10H2,1H3. The average molecular weight is 344 g/mol. The number of aromatic nitrogens is 3. The first kappa shape index (κ1) is 15.4. The third-order valence-corrected chi connectivity index (χ3v) is 5.04. The van der Waals surface area contributed by atoms with E-state index in [4.69, 9.17) is 0 Å². The fourth-order valence-electron chi connectivity index (χ4n) is 2.80. The summed E-state index contributed by atoms with van der Waals surface area (Å²) in [6.45, 7) is 2.95. The molecule has 0 atom stereocenters. The normalized spacial score (nSPS) is 14.6. The van der Waals surface area contributed by atoms with Gasteiger partial charge in [0, 0.05) is 29.9 Å². The zero-order valence-corrected chi connectivity index (χ0v) is 14.1. The summed E-state index contributed by atoms with van der Waals surface area (Å²) in [4.78, 5) is 19.2. The van der Waals surface area contributed by atoms with Gasteiger partial charge in [-0.15, -0.1) is 0 Å². The lowest BCUT2D eigenvalue weighted by Crippen LogP contribution is -2.25. The van der Waals surface area contributed by atoms with Gasteiger partial charge >= 0.3 is 0 Å². The van der Waals surface area contributed by atoms with Crippen LogP contribution in [0.1, 0.15) is 29.1 Å². The van der Waals surface area contributed by atoms with Crippen molar-refractivity contribution >= 4 is 16.3 Å². The van der Waals surface area contributed by atoms with Crippen LogP contribution < -0.4 is 5.56 Å². The molecule has 0 aliphatic heterocycles. The van der Waals surface area contributed by atoms with Gasteiger partial charge in [-0.3, -0.25) is 9.69 Å². The molecule has 0 N–H and O–H groups in total. The average Bonchev–Trinajstić information content (AvgIpc) is 3.30. The minimum atomic E-state index is -0.180. The van der Waals surface area contributed by atoms with Crippen LogP contribution in [-0.2, 0) is 13.1 Å². The van der Waals surface area contributed by atoms with Crippen molar-refractivity contribution in [3.05, 3.63) is 62.8 Å². The topological polar surface area (TPSA) is 50.5 Å². The molecule has 124 valence electrons. The molecule has 7 heteroatoms. The summed E-state index contributed by atoms with van der Waals surface area (Å²) < 4.78 is 15.3. The van der Waals surface area contributed by atoms with Crippen LogP contribution in [0.5, 0.6) is 0 Å². The molecular formula is C17H17FN4OS. The maximum atomic E-state index is 13.9. The molecule has 2 aromatic heterocycles. The minimum Gasteiger partial charge on any atom is -0.289 e. The highest BCUT2D eigenvalue weighted by molar-refractivity contribution is 7.16. The largest absolute Gasteiger partial charge is 0.289 e. The molecule has 1 aliphatic carbocycles. The molecular weight excluding hydrogens is 327 g/mol. The first-order valence-corrected chi connectivity index (χ1v) is 8.75. The van der Waals surface area contributed by atoms with Crippen LogP contribution in [0.2, 0.25) is 0 Å². The lowest BCUT2D eigenvalue weighted by atomic mass is 10.2. The van der Waals surface area contributed by atoms with Crippen molar-refractivity contribution in [3.63, 3.8) is 0 Å². The predicted octanol–water partition coefficient (Wildman–Crippen LogP) is 2.76. The van der Waals surface area contributed by atoms with Crippen LogP contribution in [0.15, 0.2) is 35.1 Å². The molecule has 2 heterocycles. The number of aryl methyl sites for hydroxylation is 1. The Hall–Kier alpha value is -2.12. The molecule has 0 radical (unpaired) electrons. The van der Waals surface area contributed by atoms with Crippen LogP contribution in [0.4, 0.5) is 4.39 Å². The molecule has 3 aromatic rings. The van der Waals surface area contributed by atoms with Crippen molar-refractivity contribution in [1.29, 1.82) is 0 Å². The first-order valence-electron chi connectivity index (χ1n) is 7.94. The van der Waals surface area contributed by atoms with Gasteiger partial charge in [0.05, 0.1) is 6.54 Å². The number of halogens is 1. The Morgan fingerprint density at radius 1 is 1.33 bits per heavy atom. The van der Waals surface area contributed by atoms with E-state index in [-0.39, 0.29) is 11.4 Å². The molecule has 0 amide bonds. The van der Waals surface area contributed by atoms with Gasteiger partial charge in [0.1, 0.15) is 10.8 Å². The lowest BCUT2D eigenvalue weighted by molar-refractivity contribution is 0.241. The van der Waals surface area contributed by atoms with Crippen LogP contribution in [-0.4, -0.2) is 25.5 Å². The van der Waals surface area contributed by atoms with Gasteiger partial charge in [-0.2, -0.15) is 9.61 Å². The highest BCUT2D eigenvalue weighted by Crippen LogP contribution is 2.30. The molecule has 5 nitrogen and oxygen atoms in total. The van der Waals surface area contributed by atoms with Crippen LogP contribution in [0, 0.1) is 12.7 Å². The van der Waals surface area contributed by atoms with Crippen LogP contribution >= 0.6 is 11.3 Å². The zero-order chi connectivity index (χ0) is 16.7. The van der Waals surface area contributed by atoms with E-state index >= 15 is 0 Å². The van der Waals surface area contributed by atoms with E-state index in [1.54, 1.807) is 13.0 Å². The quantitative estimate of drug-likeness (QED) is 0.714. The number of hydrogen-bond donors (Lipinski definition) is 0. The summed E-state index contributed by atoms with van der Waals surface area (Å²) in [5.74, 6) is -0.180. The Balaban J connectivity index is 1.61. The van der Waals surface area contributed by atoms with Crippen molar-refractivity contribution < 1.29 is 4.39 Å². The van der Waals surface area contributed by atoms with Crippen molar-refractivity contribution in [2.75, 3.05) is 0 Å². The number of benzene rings is 1. The predicted molar refractivity (Wildman–Crippen MR) is 90.5 cm³/mol. The summed E-state index contributed by atoms with van der Waals surface area (Å²) in [6, 6.07) is 8.81.